The summed E-state index contributed by atoms with van der Waals surface area (Å²) < 4.78 is 0. The lowest BCUT2D eigenvalue weighted by Gasteiger charge is -2.36. The van der Waals surface area contributed by atoms with E-state index in [0.717, 1.165) is 41.9 Å². The smallest absolute Gasteiger partial charge is 0.320 e. The molecule has 0 bridgehead atoms. The predicted molar refractivity (Wildman–Crippen MR) is 121 cm³/mol. The first-order valence-corrected chi connectivity index (χ1v) is 10.6. The largest absolute Gasteiger partial charge is 0.394 e. The summed E-state index contributed by atoms with van der Waals surface area (Å²) in [5, 5.41) is 17.7. The summed E-state index contributed by atoms with van der Waals surface area (Å²) in [5.41, 5.74) is 4.15. The molecule has 1 aliphatic heterocycles. The van der Waals surface area contributed by atoms with Gasteiger partial charge in [-0.3, -0.25) is 5.32 Å². The standard InChI is InChI=1S/C23H22N4O2S/c1-2-22-25-21(15-30-22)26-23(29)24-19(14-28)18-10-9-17(16-7-4-3-5-8-16)13-20(18)27-11-6-12-27/h1,3-5,7-10,13,15,19,28H,6,11-12,14H2,(H2,24,26,29)/t19-/m0/s1. The molecule has 0 spiro atoms. The van der Waals surface area contributed by atoms with E-state index in [-0.39, 0.29) is 6.61 Å². The topological polar surface area (TPSA) is 77.5 Å². The van der Waals surface area contributed by atoms with E-state index in [9.17, 15) is 9.90 Å². The van der Waals surface area contributed by atoms with Crippen LogP contribution in [0.2, 0.25) is 0 Å². The number of aliphatic hydroxyl groups excluding tert-OH is 1. The molecule has 2 heterocycles. The molecule has 0 radical (unpaired) electrons. The third-order valence-corrected chi connectivity index (χ3v) is 5.84. The fraction of sp³-hybridized carbons (Fsp3) is 0.217. The number of aromatic nitrogens is 1. The van der Waals surface area contributed by atoms with Crippen LogP contribution in [-0.2, 0) is 0 Å². The Morgan fingerprint density at radius 2 is 2.03 bits per heavy atom. The molecule has 0 unspecified atom stereocenters. The van der Waals surface area contributed by atoms with Crippen molar-refractivity contribution in [3.8, 4) is 23.5 Å². The highest BCUT2D eigenvalue weighted by atomic mass is 32.1. The van der Waals surface area contributed by atoms with Gasteiger partial charge in [-0.05, 0) is 29.5 Å². The number of aliphatic hydroxyl groups is 1. The number of terminal acetylenes is 1. The van der Waals surface area contributed by atoms with Crippen LogP contribution in [-0.4, -0.2) is 35.8 Å². The van der Waals surface area contributed by atoms with Gasteiger partial charge in [0.25, 0.3) is 0 Å². The third kappa shape index (κ3) is 4.30. The highest BCUT2D eigenvalue weighted by Gasteiger charge is 2.24. The molecule has 1 atom stereocenters. The number of amides is 2. The van der Waals surface area contributed by atoms with Gasteiger partial charge in [0.1, 0.15) is 5.82 Å². The number of hydrogen-bond acceptors (Lipinski definition) is 5. The van der Waals surface area contributed by atoms with E-state index in [2.05, 4.69) is 44.6 Å². The molecule has 0 saturated carbocycles. The maximum Gasteiger partial charge on any atom is 0.320 e. The molecule has 1 fully saturated rings. The Morgan fingerprint density at radius 3 is 2.67 bits per heavy atom. The maximum atomic E-state index is 12.5. The number of hydrogen-bond donors (Lipinski definition) is 3. The van der Waals surface area contributed by atoms with Gasteiger partial charge in [0.05, 0.1) is 12.6 Å². The van der Waals surface area contributed by atoms with Crippen molar-refractivity contribution in [1.82, 2.24) is 10.3 Å². The normalized spacial score (nSPS) is 13.8. The molecule has 3 N–H and O–H groups in total. The van der Waals surface area contributed by atoms with Crippen LogP contribution >= 0.6 is 11.3 Å². The predicted octanol–water partition coefficient (Wildman–Crippen LogP) is 3.86. The van der Waals surface area contributed by atoms with Gasteiger partial charge < -0.3 is 15.3 Å². The number of urea groups is 1. The molecule has 2 aromatic carbocycles. The SMILES string of the molecule is C#Cc1nc(NC(=O)N[C@@H](CO)c2ccc(-c3ccccc3)cc2N2CCC2)cs1. The highest BCUT2D eigenvalue weighted by Crippen LogP contribution is 2.34. The Labute approximate surface area is 179 Å². The molecular weight excluding hydrogens is 396 g/mol. The molecule has 0 aliphatic carbocycles. The first-order chi connectivity index (χ1) is 14.7. The van der Waals surface area contributed by atoms with E-state index in [0.29, 0.717) is 10.8 Å². The first kappa shape index (κ1) is 20.0. The van der Waals surface area contributed by atoms with Crippen molar-refractivity contribution in [2.75, 3.05) is 29.9 Å². The van der Waals surface area contributed by atoms with Crippen molar-refractivity contribution in [3.63, 3.8) is 0 Å². The summed E-state index contributed by atoms with van der Waals surface area (Å²) in [6, 6.07) is 15.3. The van der Waals surface area contributed by atoms with Gasteiger partial charge in [0, 0.05) is 29.7 Å². The minimum Gasteiger partial charge on any atom is -0.394 e. The first-order valence-electron chi connectivity index (χ1n) is 9.73. The lowest BCUT2D eigenvalue weighted by molar-refractivity contribution is 0.225. The molecule has 4 rings (SSSR count). The molecule has 1 aliphatic rings. The zero-order chi connectivity index (χ0) is 20.9. The molecule has 30 heavy (non-hydrogen) atoms. The Kier molecular flexibility index (Phi) is 5.98. The summed E-state index contributed by atoms with van der Waals surface area (Å²) in [6.45, 7) is 1.71. The number of carbonyl (C=O) groups excluding carboxylic acids is 1. The van der Waals surface area contributed by atoms with Gasteiger partial charge in [-0.25, -0.2) is 9.78 Å². The van der Waals surface area contributed by atoms with Gasteiger partial charge >= 0.3 is 6.03 Å². The van der Waals surface area contributed by atoms with Crippen LogP contribution in [0.15, 0.2) is 53.9 Å². The Bertz CT molecular complexity index is 1070. The Balaban J connectivity index is 1.57. The van der Waals surface area contributed by atoms with Gasteiger partial charge in [-0.1, -0.05) is 42.5 Å². The average Bonchev–Trinajstić information content (AvgIpc) is 3.19. The number of nitrogens with one attached hydrogen (secondary N) is 2. The van der Waals surface area contributed by atoms with Crippen molar-refractivity contribution >= 4 is 28.9 Å². The summed E-state index contributed by atoms with van der Waals surface area (Å²) in [5.74, 6) is 2.83. The van der Waals surface area contributed by atoms with E-state index < -0.39 is 12.1 Å². The zero-order valence-electron chi connectivity index (χ0n) is 16.3. The number of nitrogens with zero attached hydrogens (tertiary/aromatic N) is 2. The van der Waals surface area contributed by atoms with E-state index >= 15 is 0 Å². The van der Waals surface area contributed by atoms with Gasteiger partial charge in [0.15, 0.2) is 5.01 Å². The zero-order valence-corrected chi connectivity index (χ0v) is 17.2. The summed E-state index contributed by atoms with van der Waals surface area (Å²) in [7, 11) is 0. The second-order valence-corrected chi connectivity index (χ2v) is 7.85. The van der Waals surface area contributed by atoms with Crippen LogP contribution in [0.5, 0.6) is 0 Å². The van der Waals surface area contributed by atoms with E-state index in [4.69, 9.17) is 6.42 Å². The fourth-order valence-corrected chi connectivity index (χ4v) is 3.96. The average molecular weight is 419 g/mol. The van der Waals surface area contributed by atoms with Crippen LogP contribution in [0.1, 0.15) is 23.0 Å². The Morgan fingerprint density at radius 1 is 1.23 bits per heavy atom. The molecule has 152 valence electrons. The van der Waals surface area contributed by atoms with Crippen molar-refractivity contribution in [3.05, 3.63) is 64.5 Å². The quantitative estimate of drug-likeness (QED) is 0.532. The number of rotatable bonds is 6. The van der Waals surface area contributed by atoms with Gasteiger partial charge in [0.2, 0.25) is 0 Å². The molecule has 3 aromatic rings. The highest BCUT2D eigenvalue weighted by molar-refractivity contribution is 7.10. The van der Waals surface area contributed by atoms with Gasteiger partial charge in [-0.2, -0.15) is 0 Å². The van der Waals surface area contributed by atoms with E-state index in [1.807, 2.05) is 30.3 Å². The maximum absolute atomic E-state index is 12.5. The number of thiazole rings is 1. The van der Waals surface area contributed by atoms with Crippen LogP contribution in [0.3, 0.4) is 0 Å². The van der Waals surface area contributed by atoms with Crippen molar-refractivity contribution in [1.29, 1.82) is 0 Å². The van der Waals surface area contributed by atoms with Crippen molar-refractivity contribution in [2.24, 2.45) is 0 Å². The molecule has 1 saturated heterocycles. The third-order valence-electron chi connectivity index (χ3n) is 5.07. The molecule has 7 heteroatoms. The molecule has 2 amide bonds. The summed E-state index contributed by atoms with van der Waals surface area (Å²) >= 11 is 1.28. The summed E-state index contributed by atoms with van der Waals surface area (Å²) in [4.78, 5) is 18.9. The molecule has 1 aromatic heterocycles. The van der Waals surface area contributed by atoms with Crippen molar-refractivity contribution in [2.45, 2.75) is 12.5 Å². The lowest BCUT2D eigenvalue weighted by atomic mass is 9.96. The minimum atomic E-state index is -0.545. The minimum absolute atomic E-state index is 0.217. The second-order valence-electron chi connectivity index (χ2n) is 7.00. The number of anilines is 2. The number of carbonyl (C=O) groups is 1. The van der Waals surface area contributed by atoms with Crippen molar-refractivity contribution < 1.29 is 9.90 Å². The van der Waals surface area contributed by atoms with E-state index in [1.165, 1.54) is 11.3 Å². The van der Waals surface area contributed by atoms with E-state index in [1.54, 1.807) is 5.38 Å². The lowest BCUT2D eigenvalue weighted by Crippen LogP contribution is -2.40. The van der Waals surface area contributed by atoms with Crippen LogP contribution in [0, 0.1) is 12.3 Å². The van der Waals surface area contributed by atoms with Gasteiger partial charge in [-0.15, -0.1) is 17.8 Å². The molecular formula is C23H22N4O2S. The van der Waals surface area contributed by atoms with Crippen LogP contribution in [0.25, 0.3) is 11.1 Å². The Hall–Kier alpha value is -3.34. The second kappa shape index (κ2) is 8.99. The molecule has 6 nitrogen and oxygen atoms in total. The monoisotopic (exact) mass is 418 g/mol. The van der Waals surface area contributed by atoms with Crippen LogP contribution < -0.4 is 15.5 Å². The summed E-state index contributed by atoms with van der Waals surface area (Å²) in [6.07, 6.45) is 6.45. The van der Waals surface area contributed by atoms with Crippen LogP contribution in [0.4, 0.5) is 16.3 Å². The fourth-order valence-electron chi connectivity index (χ4n) is 3.41. The number of benzene rings is 2.